The summed E-state index contributed by atoms with van der Waals surface area (Å²) in [7, 11) is 0. The van der Waals surface area contributed by atoms with Gasteiger partial charge in [-0.1, -0.05) is 6.07 Å². The number of amides is 1. The Morgan fingerprint density at radius 2 is 2.00 bits per heavy atom. The van der Waals surface area contributed by atoms with Crippen LogP contribution < -0.4 is 10.6 Å². The van der Waals surface area contributed by atoms with Crippen molar-refractivity contribution in [3.8, 4) is 6.07 Å². The van der Waals surface area contributed by atoms with Crippen molar-refractivity contribution in [3.05, 3.63) is 47.8 Å². The SMILES string of the molecule is CC(C)Nc1ncc(C(=O)Nc2cccc(C#N)c2)cn1. The summed E-state index contributed by atoms with van der Waals surface area (Å²) in [6.45, 7) is 3.96. The summed E-state index contributed by atoms with van der Waals surface area (Å²) in [6, 6.07) is 8.94. The normalized spacial score (nSPS) is 10.0. The molecular formula is C15H15N5O. The molecule has 0 fully saturated rings. The van der Waals surface area contributed by atoms with Gasteiger partial charge in [0.2, 0.25) is 5.95 Å². The van der Waals surface area contributed by atoms with E-state index in [2.05, 4.69) is 20.6 Å². The zero-order valence-corrected chi connectivity index (χ0v) is 11.8. The van der Waals surface area contributed by atoms with E-state index in [0.29, 0.717) is 22.8 Å². The van der Waals surface area contributed by atoms with Gasteiger partial charge in [-0.25, -0.2) is 9.97 Å². The second-order valence-corrected chi connectivity index (χ2v) is 4.74. The van der Waals surface area contributed by atoms with E-state index in [0.717, 1.165) is 0 Å². The van der Waals surface area contributed by atoms with E-state index in [9.17, 15) is 4.79 Å². The standard InChI is InChI=1S/C15H15N5O/c1-10(2)19-15-17-8-12(9-18-15)14(21)20-13-5-3-4-11(6-13)7-16/h3-6,8-10H,1-2H3,(H,20,21)(H,17,18,19). The topological polar surface area (TPSA) is 90.7 Å². The molecule has 1 amide bonds. The number of carbonyl (C=O) groups excluding carboxylic acids is 1. The summed E-state index contributed by atoms with van der Waals surface area (Å²) in [6.07, 6.45) is 2.92. The first-order valence-electron chi connectivity index (χ1n) is 6.48. The molecule has 1 aromatic carbocycles. The van der Waals surface area contributed by atoms with Crippen molar-refractivity contribution in [2.75, 3.05) is 10.6 Å². The summed E-state index contributed by atoms with van der Waals surface area (Å²) in [5.41, 5.74) is 1.40. The Labute approximate surface area is 122 Å². The highest BCUT2D eigenvalue weighted by molar-refractivity contribution is 6.03. The zero-order chi connectivity index (χ0) is 15.2. The average molecular weight is 281 g/mol. The number of anilines is 2. The zero-order valence-electron chi connectivity index (χ0n) is 11.8. The van der Waals surface area contributed by atoms with Crippen LogP contribution in [-0.4, -0.2) is 21.9 Å². The first-order chi connectivity index (χ1) is 10.1. The van der Waals surface area contributed by atoms with E-state index in [1.807, 2.05) is 19.9 Å². The van der Waals surface area contributed by atoms with Crippen LogP contribution in [0.4, 0.5) is 11.6 Å². The van der Waals surface area contributed by atoms with Gasteiger partial charge in [-0.2, -0.15) is 5.26 Å². The molecule has 0 bridgehead atoms. The van der Waals surface area contributed by atoms with E-state index >= 15 is 0 Å². The highest BCUT2D eigenvalue weighted by atomic mass is 16.1. The lowest BCUT2D eigenvalue weighted by Crippen LogP contribution is -2.15. The lowest BCUT2D eigenvalue weighted by atomic mass is 10.2. The Balaban J connectivity index is 2.08. The Morgan fingerprint density at radius 3 is 2.62 bits per heavy atom. The van der Waals surface area contributed by atoms with Crippen molar-refractivity contribution in [1.82, 2.24) is 9.97 Å². The van der Waals surface area contributed by atoms with Gasteiger partial charge in [0.15, 0.2) is 0 Å². The number of nitrogens with zero attached hydrogens (tertiary/aromatic N) is 3. The molecule has 1 aromatic heterocycles. The molecule has 2 aromatic rings. The molecule has 0 saturated carbocycles. The van der Waals surface area contributed by atoms with E-state index in [4.69, 9.17) is 5.26 Å². The third kappa shape index (κ3) is 4.01. The fraction of sp³-hybridized carbons (Fsp3) is 0.200. The maximum atomic E-state index is 12.1. The van der Waals surface area contributed by atoms with E-state index in [1.165, 1.54) is 12.4 Å². The quantitative estimate of drug-likeness (QED) is 0.898. The Morgan fingerprint density at radius 1 is 1.29 bits per heavy atom. The van der Waals surface area contributed by atoms with Gasteiger partial charge in [-0.05, 0) is 32.0 Å². The molecule has 0 aliphatic heterocycles. The van der Waals surface area contributed by atoms with Crippen LogP contribution in [0.1, 0.15) is 29.8 Å². The third-order valence-corrected chi connectivity index (χ3v) is 2.58. The Bertz CT molecular complexity index is 673. The van der Waals surface area contributed by atoms with Crippen molar-refractivity contribution in [2.24, 2.45) is 0 Å². The fourth-order valence-electron chi connectivity index (χ4n) is 1.65. The summed E-state index contributed by atoms with van der Waals surface area (Å²) in [5, 5.41) is 14.6. The molecule has 0 aliphatic carbocycles. The van der Waals surface area contributed by atoms with E-state index < -0.39 is 0 Å². The molecule has 106 valence electrons. The second kappa shape index (κ2) is 6.48. The van der Waals surface area contributed by atoms with Crippen LogP contribution in [0.2, 0.25) is 0 Å². The maximum Gasteiger partial charge on any atom is 0.258 e. The number of benzene rings is 1. The van der Waals surface area contributed by atoms with Gasteiger partial charge in [0.1, 0.15) is 0 Å². The fourth-order valence-corrected chi connectivity index (χ4v) is 1.65. The molecule has 1 heterocycles. The molecule has 2 N–H and O–H groups in total. The van der Waals surface area contributed by atoms with Crippen LogP contribution in [-0.2, 0) is 0 Å². The van der Waals surface area contributed by atoms with E-state index in [1.54, 1.807) is 24.3 Å². The number of rotatable bonds is 4. The number of aromatic nitrogens is 2. The molecule has 2 rings (SSSR count). The van der Waals surface area contributed by atoms with Gasteiger partial charge < -0.3 is 10.6 Å². The molecule has 0 aliphatic rings. The lowest BCUT2D eigenvalue weighted by Gasteiger charge is -2.08. The van der Waals surface area contributed by atoms with Crippen molar-refractivity contribution >= 4 is 17.5 Å². The Kier molecular flexibility index (Phi) is 4.46. The van der Waals surface area contributed by atoms with Crippen LogP contribution in [0.3, 0.4) is 0 Å². The van der Waals surface area contributed by atoms with Gasteiger partial charge in [0, 0.05) is 24.1 Å². The Hall–Kier alpha value is -2.94. The number of nitriles is 1. The van der Waals surface area contributed by atoms with Gasteiger partial charge in [0.05, 0.1) is 17.2 Å². The predicted molar refractivity (Wildman–Crippen MR) is 79.9 cm³/mol. The van der Waals surface area contributed by atoms with Crippen LogP contribution in [0.5, 0.6) is 0 Å². The first-order valence-corrected chi connectivity index (χ1v) is 6.48. The molecule has 0 saturated heterocycles. The van der Waals surface area contributed by atoms with Crippen molar-refractivity contribution in [1.29, 1.82) is 5.26 Å². The lowest BCUT2D eigenvalue weighted by molar-refractivity contribution is 0.102. The van der Waals surface area contributed by atoms with Gasteiger partial charge in [0.25, 0.3) is 5.91 Å². The minimum absolute atomic E-state index is 0.221. The summed E-state index contributed by atoms with van der Waals surface area (Å²) >= 11 is 0. The van der Waals surface area contributed by atoms with Gasteiger partial charge >= 0.3 is 0 Å². The van der Waals surface area contributed by atoms with E-state index in [-0.39, 0.29) is 11.9 Å². The highest BCUT2D eigenvalue weighted by Gasteiger charge is 2.08. The monoisotopic (exact) mass is 281 g/mol. The van der Waals surface area contributed by atoms with Crippen molar-refractivity contribution in [3.63, 3.8) is 0 Å². The molecule has 6 heteroatoms. The first kappa shape index (κ1) is 14.5. The third-order valence-electron chi connectivity index (χ3n) is 2.58. The summed E-state index contributed by atoms with van der Waals surface area (Å²) in [5.74, 6) is 0.161. The van der Waals surface area contributed by atoms with Crippen LogP contribution >= 0.6 is 0 Å². The molecule has 21 heavy (non-hydrogen) atoms. The predicted octanol–water partition coefficient (Wildman–Crippen LogP) is 2.42. The number of hydrogen-bond donors (Lipinski definition) is 2. The second-order valence-electron chi connectivity index (χ2n) is 4.74. The van der Waals surface area contributed by atoms with Crippen LogP contribution in [0, 0.1) is 11.3 Å². The maximum absolute atomic E-state index is 12.1. The van der Waals surface area contributed by atoms with Gasteiger partial charge in [-0.3, -0.25) is 4.79 Å². The molecule has 0 atom stereocenters. The summed E-state index contributed by atoms with van der Waals surface area (Å²) < 4.78 is 0. The minimum atomic E-state index is -0.318. The van der Waals surface area contributed by atoms with Crippen LogP contribution in [0.15, 0.2) is 36.7 Å². The van der Waals surface area contributed by atoms with Crippen molar-refractivity contribution < 1.29 is 4.79 Å². The largest absolute Gasteiger partial charge is 0.352 e. The average Bonchev–Trinajstić information content (AvgIpc) is 2.47. The smallest absolute Gasteiger partial charge is 0.258 e. The number of hydrogen-bond acceptors (Lipinski definition) is 5. The highest BCUT2D eigenvalue weighted by Crippen LogP contribution is 2.11. The molecule has 0 unspecified atom stereocenters. The minimum Gasteiger partial charge on any atom is -0.352 e. The molecule has 0 radical (unpaired) electrons. The summed E-state index contributed by atoms with van der Waals surface area (Å²) in [4.78, 5) is 20.2. The molecule has 6 nitrogen and oxygen atoms in total. The van der Waals surface area contributed by atoms with Crippen LogP contribution in [0.25, 0.3) is 0 Å². The van der Waals surface area contributed by atoms with Gasteiger partial charge in [-0.15, -0.1) is 0 Å². The van der Waals surface area contributed by atoms with Crippen molar-refractivity contribution in [2.45, 2.75) is 19.9 Å². The molecule has 0 spiro atoms. The number of nitrogens with one attached hydrogen (secondary N) is 2. The number of carbonyl (C=O) groups is 1. The molecular weight excluding hydrogens is 266 g/mol.